The van der Waals surface area contributed by atoms with E-state index >= 15 is 0 Å². The number of aliphatic hydroxyl groups is 2. The van der Waals surface area contributed by atoms with Crippen LogP contribution < -0.4 is 0 Å². The van der Waals surface area contributed by atoms with Gasteiger partial charge in [-0.25, -0.2) is 4.79 Å². The predicted molar refractivity (Wildman–Crippen MR) is 68.7 cm³/mol. The van der Waals surface area contributed by atoms with Gasteiger partial charge in [0.2, 0.25) is 0 Å². The van der Waals surface area contributed by atoms with E-state index < -0.39 is 12.1 Å². The van der Waals surface area contributed by atoms with E-state index in [4.69, 9.17) is 9.47 Å². The number of carbonyl (C=O) groups excluding carboxylic acids is 1. The maximum absolute atomic E-state index is 11.8. The van der Waals surface area contributed by atoms with Crippen molar-refractivity contribution in [2.24, 2.45) is 11.3 Å². The second-order valence-electron chi connectivity index (χ2n) is 6.99. The maximum atomic E-state index is 11.8. The van der Waals surface area contributed by atoms with Crippen LogP contribution in [0.5, 0.6) is 0 Å². The predicted octanol–water partition coefficient (Wildman–Crippen LogP) is 0.539. The SMILES string of the molecule is C[C@H]1C[C@H](O)[C@@H]2O[C@@]23C[C@H]2OC(=O)C(CO)=C2C[C@]13C. The zero-order chi connectivity index (χ0) is 14.3. The molecule has 5 heteroatoms. The number of carbonyl (C=O) groups is 1. The third-order valence-electron chi connectivity index (χ3n) is 6.21. The molecule has 6 atom stereocenters. The number of ether oxygens (including phenoxy) is 2. The summed E-state index contributed by atoms with van der Waals surface area (Å²) >= 11 is 0. The molecule has 1 saturated heterocycles. The van der Waals surface area contributed by atoms with Gasteiger partial charge in [0.25, 0.3) is 0 Å². The van der Waals surface area contributed by atoms with Crippen LogP contribution in [0.3, 0.4) is 0 Å². The minimum Gasteiger partial charge on any atom is -0.454 e. The zero-order valence-corrected chi connectivity index (χ0v) is 11.8. The largest absolute Gasteiger partial charge is 0.454 e. The van der Waals surface area contributed by atoms with Gasteiger partial charge in [-0.2, -0.15) is 0 Å². The first-order valence-corrected chi connectivity index (χ1v) is 7.32. The molecule has 2 aliphatic carbocycles. The third-order valence-corrected chi connectivity index (χ3v) is 6.21. The second kappa shape index (κ2) is 3.64. The Morgan fingerprint density at radius 2 is 2.20 bits per heavy atom. The molecule has 4 rings (SSSR count). The Balaban J connectivity index is 1.77. The van der Waals surface area contributed by atoms with Crippen LogP contribution in [0, 0.1) is 11.3 Å². The van der Waals surface area contributed by atoms with Crippen molar-refractivity contribution in [3.05, 3.63) is 11.1 Å². The molecule has 0 radical (unpaired) electrons. The van der Waals surface area contributed by atoms with Gasteiger partial charge >= 0.3 is 5.97 Å². The van der Waals surface area contributed by atoms with Gasteiger partial charge in [0, 0.05) is 11.8 Å². The van der Waals surface area contributed by atoms with E-state index in [0.717, 1.165) is 12.0 Å². The molecule has 0 unspecified atom stereocenters. The van der Waals surface area contributed by atoms with Gasteiger partial charge in [-0.3, -0.25) is 0 Å². The molecule has 1 spiro atoms. The van der Waals surface area contributed by atoms with E-state index in [9.17, 15) is 15.0 Å². The Bertz CT molecular complexity index is 526. The van der Waals surface area contributed by atoms with Gasteiger partial charge in [0.1, 0.15) is 17.8 Å². The number of hydrogen-bond acceptors (Lipinski definition) is 5. The van der Waals surface area contributed by atoms with Crippen LogP contribution in [-0.4, -0.2) is 46.7 Å². The van der Waals surface area contributed by atoms with Crippen molar-refractivity contribution < 1.29 is 24.5 Å². The van der Waals surface area contributed by atoms with Crippen LogP contribution in [0.1, 0.15) is 33.1 Å². The van der Waals surface area contributed by atoms with E-state index in [1.54, 1.807) is 0 Å². The smallest absolute Gasteiger partial charge is 0.337 e. The van der Waals surface area contributed by atoms with Crippen LogP contribution in [-0.2, 0) is 14.3 Å². The quantitative estimate of drug-likeness (QED) is 0.541. The molecule has 0 aromatic carbocycles. The molecule has 2 saturated carbocycles. The molecule has 2 heterocycles. The number of esters is 1. The number of hydrogen-bond donors (Lipinski definition) is 2. The molecule has 3 fully saturated rings. The van der Waals surface area contributed by atoms with Crippen molar-refractivity contribution in [2.45, 2.75) is 57.0 Å². The summed E-state index contributed by atoms with van der Waals surface area (Å²) in [7, 11) is 0. The average molecular weight is 280 g/mol. The highest BCUT2D eigenvalue weighted by molar-refractivity contribution is 5.92. The molecular weight excluding hydrogens is 260 g/mol. The summed E-state index contributed by atoms with van der Waals surface area (Å²) in [4.78, 5) is 11.8. The minimum absolute atomic E-state index is 0.100. The van der Waals surface area contributed by atoms with Crippen molar-refractivity contribution in [1.29, 1.82) is 0 Å². The van der Waals surface area contributed by atoms with Crippen molar-refractivity contribution in [3.63, 3.8) is 0 Å². The summed E-state index contributed by atoms with van der Waals surface area (Å²) in [5, 5.41) is 19.6. The Morgan fingerprint density at radius 1 is 1.45 bits per heavy atom. The highest BCUT2D eigenvalue weighted by Crippen LogP contribution is 2.68. The summed E-state index contributed by atoms with van der Waals surface area (Å²) in [6.07, 6.45) is 1.23. The zero-order valence-electron chi connectivity index (χ0n) is 11.8. The fourth-order valence-corrected chi connectivity index (χ4v) is 4.75. The fourth-order valence-electron chi connectivity index (χ4n) is 4.75. The fraction of sp³-hybridized carbons (Fsp3) is 0.800. The van der Waals surface area contributed by atoms with E-state index in [0.29, 0.717) is 24.3 Å². The summed E-state index contributed by atoms with van der Waals surface area (Å²) < 4.78 is 11.3. The number of epoxide rings is 1. The lowest BCUT2D eigenvalue weighted by atomic mass is 9.53. The Morgan fingerprint density at radius 3 is 2.90 bits per heavy atom. The highest BCUT2D eigenvalue weighted by atomic mass is 16.6. The van der Waals surface area contributed by atoms with Gasteiger partial charge in [-0.1, -0.05) is 13.8 Å². The molecule has 0 amide bonds. The second-order valence-corrected chi connectivity index (χ2v) is 6.99. The molecule has 2 aliphatic heterocycles. The van der Waals surface area contributed by atoms with Crippen molar-refractivity contribution >= 4 is 5.97 Å². The molecular formula is C15H20O5. The standard InChI is InChI=1S/C15H20O5/c1-7-3-10(17)12-15(20-12)5-11-8(4-14(7,15)2)9(6-16)13(18)19-11/h7,10-12,16-17H,3-6H2,1-2H3/t7-,10-,11+,12-,14+,15-/m0/s1. The van der Waals surface area contributed by atoms with E-state index in [2.05, 4.69) is 13.8 Å². The summed E-state index contributed by atoms with van der Waals surface area (Å²) in [6.45, 7) is 4.07. The van der Waals surface area contributed by atoms with Gasteiger partial charge in [0.15, 0.2) is 0 Å². The normalized spacial score (nSPS) is 53.1. The maximum Gasteiger partial charge on any atom is 0.337 e. The van der Waals surface area contributed by atoms with E-state index in [1.807, 2.05) is 0 Å². The van der Waals surface area contributed by atoms with Crippen molar-refractivity contribution in [3.8, 4) is 0 Å². The molecule has 4 aliphatic rings. The summed E-state index contributed by atoms with van der Waals surface area (Å²) in [5.74, 6) is -0.0862. The highest BCUT2D eigenvalue weighted by Gasteiger charge is 2.76. The number of rotatable bonds is 1. The Hall–Kier alpha value is -0.910. The van der Waals surface area contributed by atoms with Crippen LogP contribution in [0.25, 0.3) is 0 Å². The lowest BCUT2D eigenvalue weighted by Crippen LogP contribution is -2.54. The van der Waals surface area contributed by atoms with Crippen LogP contribution in [0.4, 0.5) is 0 Å². The van der Waals surface area contributed by atoms with Crippen LogP contribution in [0.15, 0.2) is 11.1 Å². The monoisotopic (exact) mass is 280 g/mol. The summed E-state index contributed by atoms with van der Waals surface area (Å²) in [5.41, 5.74) is 0.922. The molecule has 2 N–H and O–H groups in total. The summed E-state index contributed by atoms with van der Waals surface area (Å²) in [6, 6.07) is 0. The molecule has 110 valence electrons. The van der Waals surface area contributed by atoms with Crippen molar-refractivity contribution in [2.75, 3.05) is 6.61 Å². The minimum atomic E-state index is -0.418. The van der Waals surface area contributed by atoms with Crippen LogP contribution in [0.2, 0.25) is 0 Å². The van der Waals surface area contributed by atoms with Gasteiger partial charge in [0.05, 0.1) is 18.3 Å². The topological polar surface area (TPSA) is 79.3 Å². The first-order valence-electron chi connectivity index (χ1n) is 7.32. The Kier molecular flexibility index (Phi) is 2.33. The lowest BCUT2D eigenvalue weighted by Gasteiger charge is -2.49. The van der Waals surface area contributed by atoms with Crippen LogP contribution >= 0.6 is 0 Å². The van der Waals surface area contributed by atoms with E-state index in [1.165, 1.54) is 0 Å². The van der Waals surface area contributed by atoms with Gasteiger partial charge in [-0.05, 0) is 24.3 Å². The lowest BCUT2D eigenvalue weighted by molar-refractivity contribution is -0.142. The number of aliphatic hydroxyl groups excluding tert-OH is 2. The van der Waals surface area contributed by atoms with Crippen molar-refractivity contribution in [1.82, 2.24) is 0 Å². The number of fused-ring (bicyclic) bond motifs is 1. The van der Waals surface area contributed by atoms with Gasteiger partial charge in [-0.15, -0.1) is 0 Å². The first kappa shape index (κ1) is 12.8. The Labute approximate surface area is 117 Å². The molecule has 20 heavy (non-hydrogen) atoms. The third kappa shape index (κ3) is 1.27. The average Bonchev–Trinajstić information content (AvgIpc) is 3.03. The molecule has 0 aromatic rings. The molecule has 5 nitrogen and oxygen atoms in total. The first-order chi connectivity index (χ1) is 9.43. The molecule has 0 bridgehead atoms. The molecule has 0 aromatic heterocycles. The van der Waals surface area contributed by atoms with E-state index in [-0.39, 0.29) is 29.8 Å². The van der Waals surface area contributed by atoms with Gasteiger partial charge < -0.3 is 19.7 Å².